The molecule has 138 valence electrons. The number of ether oxygens (including phenoxy) is 2. The second-order valence-corrected chi connectivity index (χ2v) is 5.88. The maximum atomic E-state index is 10.9. The number of carbonyl (C=O) groups excluding carboxylic acids is 1. The van der Waals surface area contributed by atoms with Gasteiger partial charge in [-0.25, -0.2) is 9.59 Å². The number of carboxylic acid groups (broad SMARTS) is 1. The highest BCUT2D eigenvalue weighted by molar-refractivity contribution is 5.88. The van der Waals surface area contributed by atoms with E-state index in [1.165, 1.54) is 25.3 Å². The van der Waals surface area contributed by atoms with Crippen molar-refractivity contribution in [3.63, 3.8) is 0 Å². The van der Waals surface area contributed by atoms with Crippen molar-refractivity contribution < 1.29 is 24.2 Å². The lowest BCUT2D eigenvalue weighted by molar-refractivity contribution is -0.137. The molecular formula is C20H28O5. The first-order valence-corrected chi connectivity index (χ1v) is 8.89. The molecule has 0 saturated heterocycles. The van der Waals surface area contributed by atoms with E-state index >= 15 is 0 Å². The van der Waals surface area contributed by atoms with E-state index in [-0.39, 0.29) is 11.5 Å². The highest BCUT2D eigenvalue weighted by Crippen LogP contribution is 2.14. The van der Waals surface area contributed by atoms with Gasteiger partial charge in [-0.1, -0.05) is 51.2 Å². The Hall–Kier alpha value is -2.30. The molecule has 1 rings (SSSR count). The normalized spacial score (nSPS) is 10.2. The minimum absolute atomic E-state index is 0.247. The molecular weight excluding hydrogens is 320 g/mol. The van der Waals surface area contributed by atoms with E-state index in [4.69, 9.17) is 14.6 Å². The summed E-state index contributed by atoms with van der Waals surface area (Å²) in [6, 6.07) is 6.57. The molecule has 0 aliphatic carbocycles. The van der Waals surface area contributed by atoms with Gasteiger partial charge in [-0.2, -0.15) is 0 Å². The Kier molecular flexibility index (Phi) is 10.8. The summed E-state index contributed by atoms with van der Waals surface area (Å²) in [5, 5.41) is 8.92. The quantitative estimate of drug-likeness (QED) is 0.302. The lowest BCUT2D eigenvalue weighted by atomic mass is 10.1. The second-order valence-electron chi connectivity index (χ2n) is 5.88. The highest BCUT2D eigenvalue weighted by atomic mass is 16.5. The summed E-state index contributed by atoms with van der Waals surface area (Å²) in [5.41, 5.74) is 0.247. The number of rotatable bonds is 14. The van der Waals surface area contributed by atoms with E-state index in [2.05, 4.69) is 6.58 Å². The first kappa shape index (κ1) is 20.7. The van der Waals surface area contributed by atoms with Crippen LogP contribution < -0.4 is 4.74 Å². The van der Waals surface area contributed by atoms with E-state index < -0.39 is 5.97 Å². The Balaban J connectivity index is 1.92. The van der Waals surface area contributed by atoms with Gasteiger partial charge in [-0.15, -0.1) is 0 Å². The first-order chi connectivity index (χ1) is 12.1. The predicted molar refractivity (Wildman–Crippen MR) is 97.0 cm³/mol. The van der Waals surface area contributed by atoms with Gasteiger partial charge in [0, 0.05) is 6.08 Å². The summed E-state index contributed by atoms with van der Waals surface area (Å²) < 4.78 is 10.5. The minimum atomic E-state index is -0.940. The van der Waals surface area contributed by atoms with E-state index in [1.54, 1.807) is 24.3 Å². The highest BCUT2D eigenvalue weighted by Gasteiger charge is 2.03. The summed E-state index contributed by atoms with van der Waals surface area (Å²) in [7, 11) is 0. The fourth-order valence-electron chi connectivity index (χ4n) is 2.41. The van der Waals surface area contributed by atoms with Gasteiger partial charge < -0.3 is 14.6 Å². The van der Waals surface area contributed by atoms with Crippen molar-refractivity contribution >= 4 is 11.9 Å². The molecule has 0 bridgehead atoms. The number of hydrogen-bond donors (Lipinski definition) is 1. The summed E-state index contributed by atoms with van der Waals surface area (Å²) in [4.78, 5) is 21.7. The zero-order valence-electron chi connectivity index (χ0n) is 14.7. The van der Waals surface area contributed by atoms with Crippen LogP contribution in [-0.4, -0.2) is 30.3 Å². The van der Waals surface area contributed by atoms with Gasteiger partial charge >= 0.3 is 11.9 Å². The van der Waals surface area contributed by atoms with Crippen LogP contribution in [0.25, 0.3) is 0 Å². The number of carbonyl (C=O) groups is 2. The van der Waals surface area contributed by atoms with Gasteiger partial charge in [0.2, 0.25) is 0 Å². The predicted octanol–water partition coefficient (Wildman–Crippen LogP) is 4.61. The molecule has 0 unspecified atom stereocenters. The van der Waals surface area contributed by atoms with Crippen LogP contribution >= 0.6 is 0 Å². The summed E-state index contributed by atoms with van der Waals surface area (Å²) in [6.45, 7) is 4.44. The number of aromatic carboxylic acids is 1. The van der Waals surface area contributed by atoms with Crippen LogP contribution in [0.15, 0.2) is 36.9 Å². The van der Waals surface area contributed by atoms with E-state index in [1.807, 2.05) is 0 Å². The van der Waals surface area contributed by atoms with Gasteiger partial charge in [0.25, 0.3) is 0 Å². The van der Waals surface area contributed by atoms with Gasteiger partial charge in [0.05, 0.1) is 18.8 Å². The minimum Gasteiger partial charge on any atom is -0.494 e. The summed E-state index contributed by atoms with van der Waals surface area (Å²) in [6.07, 6.45) is 9.96. The van der Waals surface area contributed by atoms with Crippen LogP contribution in [0.2, 0.25) is 0 Å². The van der Waals surface area contributed by atoms with Gasteiger partial charge in [0.1, 0.15) is 5.75 Å². The van der Waals surface area contributed by atoms with Crippen molar-refractivity contribution in [3.05, 3.63) is 42.5 Å². The molecule has 25 heavy (non-hydrogen) atoms. The van der Waals surface area contributed by atoms with Crippen LogP contribution in [0.1, 0.15) is 61.7 Å². The van der Waals surface area contributed by atoms with Crippen molar-refractivity contribution in [1.82, 2.24) is 0 Å². The average Bonchev–Trinajstić information content (AvgIpc) is 2.62. The zero-order valence-corrected chi connectivity index (χ0v) is 14.7. The van der Waals surface area contributed by atoms with Crippen LogP contribution in [0.3, 0.4) is 0 Å². The molecule has 5 heteroatoms. The standard InChI is InChI=1S/C20H28O5/c1-2-19(21)25-15-10-8-6-4-3-5-7-9-14-24-18-13-11-12-17(16-18)20(22)23/h2,11-13,16H,1,3-10,14-15H2,(H,22,23). The van der Waals surface area contributed by atoms with Gasteiger partial charge in [-0.3, -0.25) is 0 Å². The smallest absolute Gasteiger partial charge is 0.335 e. The third-order valence-corrected chi connectivity index (χ3v) is 3.80. The Morgan fingerprint density at radius 2 is 1.56 bits per heavy atom. The van der Waals surface area contributed by atoms with Crippen LogP contribution in [0.4, 0.5) is 0 Å². The van der Waals surface area contributed by atoms with Crippen LogP contribution in [0.5, 0.6) is 5.75 Å². The molecule has 0 saturated carbocycles. The molecule has 0 aliphatic heterocycles. The van der Waals surface area contributed by atoms with Crippen LogP contribution in [0, 0.1) is 0 Å². The van der Waals surface area contributed by atoms with Crippen LogP contribution in [-0.2, 0) is 9.53 Å². The molecule has 1 aromatic rings. The molecule has 0 radical (unpaired) electrons. The fraction of sp³-hybridized carbons (Fsp3) is 0.500. The van der Waals surface area contributed by atoms with Crippen molar-refractivity contribution in [1.29, 1.82) is 0 Å². The van der Waals surface area contributed by atoms with Gasteiger partial charge in [0.15, 0.2) is 0 Å². The topological polar surface area (TPSA) is 72.8 Å². The molecule has 0 aromatic heterocycles. The fourth-order valence-corrected chi connectivity index (χ4v) is 2.41. The zero-order chi connectivity index (χ0) is 18.3. The number of unbranched alkanes of at least 4 members (excludes halogenated alkanes) is 7. The number of benzene rings is 1. The second kappa shape index (κ2) is 13.0. The van der Waals surface area contributed by atoms with Gasteiger partial charge in [-0.05, 0) is 31.0 Å². The summed E-state index contributed by atoms with van der Waals surface area (Å²) in [5.74, 6) is -0.682. The van der Waals surface area contributed by atoms with Crippen molar-refractivity contribution in [2.45, 2.75) is 51.4 Å². The first-order valence-electron chi connectivity index (χ1n) is 8.89. The monoisotopic (exact) mass is 348 g/mol. The SMILES string of the molecule is C=CC(=O)OCCCCCCCCCCOc1cccc(C(=O)O)c1. The lowest BCUT2D eigenvalue weighted by Crippen LogP contribution is -2.01. The molecule has 0 aliphatic rings. The Labute approximate surface area is 149 Å². The number of carboxylic acids is 1. The third-order valence-electron chi connectivity index (χ3n) is 3.80. The molecule has 5 nitrogen and oxygen atoms in total. The maximum Gasteiger partial charge on any atom is 0.335 e. The molecule has 0 heterocycles. The molecule has 0 fully saturated rings. The molecule has 0 spiro atoms. The Morgan fingerprint density at radius 3 is 2.16 bits per heavy atom. The van der Waals surface area contributed by atoms with Crippen molar-refractivity contribution in [2.24, 2.45) is 0 Å². The largest absolute Gasteiger partial charge is 0.494 e. The van der Waals surface area contributed by atoms with Crippen molar-refractivity contribution in [3.8, 4) is 5.75 Å². The molecule has 1 aromatic carbocycles. The number of hydrogen-bond acceptors (Lipinski definition) is 4. The lowest BCUT2D eigenvalue weighted by Gasteiger charge is -2.07. The average molecular weight is 348 g/mol. The van der Waals surface area contributed by atoms with E-state index in [0.717, 1.165) is 32.1 Å². The molecule has 0 amide bonds. The summed E-state index contributed by atoms with van der Waals surface area (Å²) >= 11 is 0. The Bertz CT molecular complexity index is 539. The van der Waals surface area contributed by atoms with E-state index in [0.29, 0.717) is 19.0 Å². The maximum absolute atomic E-state index is 10.9. The third kappa shape index (κ3) is 10.2. The molecule has 1 N–H and O–H groups in total. The molecule has 0 atom stereocenters. The Morgan fingerprint density at radius 1 is 0.960 bits per heavy atom. The van der Waals surface area contributed by atoms with E-state index in [9.17, 15) is 9.59 Å². The van der Waals surface area contributed by atoms with Crippen molar-refractivity contribution in [2.75, 3.05) is 13.2 Å². The number of esters is 1.